The summed E-state index contributed by atoms with van der Waals surface area (Å²) < 4.78 is 50.7. The van der Waals surface area contributed by atoms with Crippen molar-refractivity contribution in [2.45, 2.75) is 186 Å². The number of aliphatic hydroxyl groups is 15. The molecule has 32 nitrogen and oxygen atoms in total. The van der Waals surface area contributed by atoms with Gasteiger partial charge in [-0.3, -0.25) is 14.4 Å². The van der Waals surface area contributed by atoms with Gasteiger partial charge in [0.1, 0.15) is 116 Å². The molecule has 5 aliphatic rings. The standard InChI is InChI=1S/C39H65N3O29/c1-10(46)40-19-13(49)4-39(38(61)62,71-33(19)22(51)14(50)5-43)64-9-18-24(53)28(57)30(59)37(68-18)69-31-16(7-45)67-35(20(26(31)55)41-11(2)47)63-8-17-25(54)32(21(34(60)65-17)42-12(3)48)70-36-29(58)27(56)23(52)15(6-44)66-36/h13-37,43-45,49-60H,4-9H2,1-3H3,(H,40,46)(H,41,47)(H,42,48)(H,61,62)/t13-,14+,15+,16+,17+,18+,19+,20+,21+,22+,23-,24-,25-,26+,27-,28-,29+,30+,31+,32+,33+,34-,35+,36-,37-,39+/m0/s1. The van der Waals surface area contributed by atoms with E-state index in [4.69, 9.17) is 42.6 Å². The van der Waals surface area contributed by atoms with Gasteiger partial charge in [-0.2, -0.15) is 0 Å². The van der Waals surface area contributed by atoms with Crippen molar-refractivity contribution in [2.24, 2.45) is 0 Å². The van der Waals surface area contributed by atoms with Gasteiger partial charge in [0.25, 0.3) is 5.79 Å². The van der Waals surface area contributed by atoms with Crippen molar-refractivity contribution in [3.05, 3.63) is 0 Å². The molecule has 0 radical (unpaired) electrons. The lowest BCUT2D eigenvalue weighted by Gasteiger charge is -2.49. The molecule has 19 N–H and O–H groups in total. The highest BCUT2D eigenvalue weighted by molar-refractivity contribution is 5.76. The van der Waals surface area contributed by atoms with Crippen LogP contribution >= 0.6 is 0 Å². The Morgan fingerprint density at radius 2 is 1.07 bits per heavy atom. The van der Waals surface area contributed by atoms with E-state index in [1.165, 1.54) is 0 Å². The van der Waals surface area contributed by atoms with E-state index in [0.717, 1.165) is 20.8 Å². The summed E-state index contributed by atoms with van der Waals surface area (Å²) in [4.78, 5) is 49.1. The van der Waals surface area contributed by atoms with Gasteiger partial charge in [0, 0.05) is 27.2 Å². The number of carbonyl (C=O) groups is 4. The number of carbonyl (C=O) groups excluding carboxylic acids is 3. The molecular weight excluding hydrogens is 974 g/mol. The molecule has 5 aliphatic heterocycles. The second kappa shape index (κ2) is 25.0. The first-order valence-corrected chi connectivity index (χ1v) is 22.2. The van der Waals surface area contributed by atoms with E-state index in [-0.39, 0.29) is 0 Å². The number of carboxylic acids is 1. The van der Waals surface area contributed by atoms with Crippen LogP contribution in [0.1, 0.15) is 27.2 Å². The van der Waals surface area contributed by atoms with Gasteiger partial charge in [-0.1, -0.05) is 0 Å². The molecule has 0 aliphatic carbocycles. The van der Waals surface area contributed by atoms with Crippen LogP contribution in [0.25, 0.3) is 0 Å². The largest absolute Gasteiger partial charge is 0.477 e. The monoisotopic (exact) mass is 1040 g/mol. The molecule has 5 fully saturated rings. The maximum absolute atomic E-state index is 12.7. The van der Waals surface area contributed by atoms with Gasteiger partial charge < -0.3 is 140 Å². The molecule has 3 amide bonds. The quantitative estimate of drug-likeness (QED) is 0.0571. The Hall–Kier alpha value is -3.08. The summed E-state index contributed by atoms with van der Waals surface area (Å²) in [7, 11) is 0. The predicted molar refractivity (Wildman–Crippen MR) is 219 cm³/mol. The zero-order valence-corrected chi connectivity index (χ0v) is 38.1. The molecule has 26 atom stereocenters. The van der Waals surface area contributed by atoms with Gasteiger partial charge in [0.15, 0.2) is 25.2 Å². The smallest absolute Gasteiger partial charge is 0.364 e. The Labute approximate surface area is 402 Å². The van der Waals surface area contributed by atoms with E-state index in [9.17, 15) is 101 Å². The summed E-state index contributed by atoms with van der Waals surface area (Å²) in [5.74, 6) is -7.25. The number of aliphatic carboxylic acids is 1. The van der Waals surface area contributed by atoms with Gasteiger partial charge in [0.05, 0.1) is 45.2 Å². The first kappa shape index (κ1) is 58.8. The number of rotatable bonds is 19. The van der Waals surface area contributed by atoms with Crippen molar-refractivity contribution >= 4 is 23.7 Å². The van der Waals surface area contributed by atoms with Gasteiger partial charge in [-0.15, -0.1) is 0 Å². The number of hydrogen-bond acceptors (Lipinski definition) is 28. The minimum absolute atomic E-state index is 0.759. The summed E-state index contributed by atoms with van der Waals surface area (Å²) in [6.07, 6.45) is -43.2. The number of hydrogen-bond donors (Lipinski definition) is 19. The fourth-order valence-corrected chi connectivity index (χ4v) is 8.73. The van der Waals surface area contributed by atoms with Gasteiger partial charge >= 0.3 is 5.97 Å². The Morgan fingerprint density at radius 1 is 0.577 bits per heavy atom. The molecule has 0 spiro atoms. The van der Waals surface area contributed by atoms with Gasteiger partial charge in [-0.25, -0.2) is 4.79 Å². The topological polar surface area (TPSA) is 511 Å². The molecular formula is C39H65N3O29. The second-order valence-electron chi connectivity index (χ2n) is 17.7. The zero-order valence-electron chi connectivity index (χ0n) is 38.1. The van der Waals surface area contributed by atoms with Crippen LogP contribution in [0.15, 0.2) is 0 Å². The molecule has 5 saturated heterocycles. The summed E-state index contributed by atoms with van der Waals surface area (Å²) in [5, 5.41) is 176. The van der Waals surface area contributed by atoms with Gasteiger partial charge in [0.2, 0.25) is 17.7 Å². The van der Waals surface area contributed by atoms with E-state index in [2.05, 4.69) is 16.0 Å². The molecule has 71 heavy (non-hydrogen) atoms. The number of ether oxygens (including phenoxy) is 9. The lowest BCUT2D eigenvalue weighted by atomic mass is 9.88. The van der Waals surface area contributed by atoms with Crippen molar-refractivity contribution in [3.8, 4) is 0 Å². The summed E-state index contributed by atoms with van der Waals surface area (Å²) >= 11 is 0. The van der Waals surface area contributed by atoms with Crippen LogP contribution in [0.2, 0.25) is 0 Å². The molecule has 0 unspecified atom stereocenters. The Balaban J connectivity index is 1.32. The zero-order chi connectivity index (χ0) is 53.0. The first-order valence-electron chi connectivity index (χ1n) is 22.2. The summed E-state index contributed by atoms with van der Waals surface area (Å²) in [5.41, 5.74) is 0. The molecule has 0 aromatic heterocycles. The third-order valence-electron chi connectivity index (χ3n) is 12.5. The van der Waals surface area contributed by atoms with Crippen LogP contribution in [-0.2, 0) is 61.8 Å². The maximum Gasteiger partial charge on any atom is 0.364 e. The van der Waals surface area contributed by atoms with Crippen molar-refractivity contribution in [3.63, 3.8) is 0 Å². The van der Waals surface area contributed by atoms with E-state index in [1.54, 1.807) is 0 Å². The third-order valence-corrected chi connectivity index (χ3v) is 12.5. The minimum atomic E-state index is -2.95. The molecule has 0 saturated carbocycles. The van der Waals surface area contributed by atoms with Crippen LogP contribution in [0.4, 0.5) is 0 Å². The number of nitrogens with one attached hydrogen (secondary N) is 3. The van der Waals surface area contributed by atoms with Crippen LogP contribution in [-0.4, -0.2) is 297 Å². The van der Waals surface area contributed by atoms with Crippen LogP contribution in [0.5, 0.6) is 0 Å². The molecule has 0 aromatic carbocycles. The lowest BCUT2D eigenvalue weighted by molar-refractivity contribution is -0.363. The van der Waals surface area contributed by atoms with E-state index in [1.807, 2.05) is 0 Å². The van der Waals surface area contributed by atoms with Crippen molar-refractivity contribution in [1.82, 2.24) is 16.0 Å². The average Bonchev–Trinajstić information content (AvgIpc) is 3.31. The lowest BCUT2D eigenvalue weighted by Crippen LogP contribution is -2.69. The van der Waals surface area contributed by atoms with Crippen LogP contribution < -0.4 is 16.0 Å². The highest BCUT2D eigenvalue weighted by Gasteiger charge is 2.58. The van der Waals surface area contributed by atoms with Crippen molar-refractivity contribution < 1.29 is 144 Å². The molecule has 5 rings (SSSR count). The molecule has 0 bridgehead atoms. The third kappa shape index (κ3) is 13.2. The first-order chi connectivity index (χ1) is 33.3. The van der Waals surface area contributed by atoms with E-state index in [0.29, 0.717) is 0 Å². The number of amides is 3. The highest BCUT2D eigenvalue weighted by atomic mass is 16.8. The van der Waals surface area contributed by atoms with E-state index >= 15 is 0 Å². The maximum atomic E-state index is 12.7. The SMILES string of the molecule is CC(=O)N[C@@H]1[C@@H](O[C@@H]2O[C@H](CO)[C@H](O)[C@H](O)[C@H]2O)[C@@H](O)[C@@H](CO[C@@H]2O[C@H](CO)[C@@H](O[C@@H]3O[C@H](CO[C@]4(C(=O)O)C[C@H](O)[C@@H](NC(C)=O)[C@H]([C@H](O)[C@H](O)CO)O4)[C@H](O)[C@H](O)[C@H]3O)[C@H](O)[C@H]2NC(C)=O)O[C@@H]1O. The van der Waals surface area contributed by atoms with Crippen LogP contribution in [0, 0.1) is 0 Å². The molecule has 5 heterocycles. The fraction of sp³-hybridized carbons (Fsp3) is 0.897. The Kier molecular flexibility index (Phi) is 20.7. The van der Waals surface area contributed by atoms with Crippen LogP contribution in [0.3, 0.4) is 0 Å². The number of carboxylic acid groups (broad SMARTS) is 1. The van der Waals surface area contributed by atoms with Crippen molar-refractivity contribution in [2.75, 3.05) is 33.0 Å². The molecule has 32 heteroatoms. The Bertz CT molecular complexity index is 1770. The summed E-state index contributed by atoms with van der Waals surface area (Å²) in [6, 6.07) is -4.85. The average molecular weight is 1040 g/mol. The number of aliphatic hydroxyl groups excluding tert-OH is 15. The molecule has 410 valence electrons. The Morgan fingerprint density at radius 3 is 1.61 bits per heavy atom. The van der Waals surface area contributed by atoms with Gasteiger partial charge in [-0.05, 0) is 0 Å². The highest BCUT2D eigenvalue weighted by Crippen LogP contribution is 2.36. The second-order valence-corrected chi connectivity index (χ2v) is 17.7. The predicted octanol–water partition coefficient (Wildman–Crippen LogP) is -12.3. The molecule has 0 aromatic rings. The van der Waals surface area contributed by atoms with E-state index < -0.39 is 222 Å². The van der Waals surface area contributed by atoms with Crippen molar-refractivity contribution in [1.29, 1.82) is 0 Å². The summed E-state index contributed by atoms with van der Waals surface area (Å²) in [6.45, 7) is -1.78. The fourth-order valence-electron chi connectivity index (χ4n) is 8.73. The minimum Gasteiger partial charge on any atom is -0.477 e. The normalized spacial score (nSPS) is 45.0.